The van der Waals surface area contributed by atoms with E-state index in [1.54, 1.807) is 41.5 Å². The van der Waals surface area contributed by atoms with Gasteiger partial charge in [0.05, 0.1) is 6.04 Å². The number of rotatable bonds is 4. The molecular formula is C17H29N3O6. The highest BCUT2D eigenvalue weighted by atomic mass is 16.6. The van der Waals surface area contributed by atoms with Gasteiger partial charge in [-0.1, -0.05) is 0 Å². The van der Waals surface area contributed by atoms with Crippen LogP contribution in [0.2, 0.25) is 0 Å². The molecule has 148 valence electrons. The van der Waals surface area contributed by atoms with Crippen LogP contribution in [0.1, 0.15) is 48.0 Å². The first kappa shape index (κ1) is 21.7. The van der Waals surface area contributed by atoms with Crippen LogP contribution in [0.25, 0.3) is 0 Å². The first-order valence-corrected chi connectivity index (χ1v) is 8.52. The highest BCUT2D eigenvalue weighted by Crippen LogP contribution is 2.20. The molecule has 2 unspecified atom stereocenters. The molecule has 1 aliphatic rings. The summed E-state index contributed by atoms with van der Waals surface area (Å²) in [5.41, 5.74) is -1.33. The largest absolute Gasteiger partial charge is 0.444 e. The lowest BCUT2D eigenvalue weighted by Crippen LogP contribution is -2.45. The van der Waals surface area contributed by atoms with Crippen molar-refractivity contribution in [2.45, 2.75) is 71.2 Å². The van der Waals surface area contributed by atoms with Crippen molar-refractivity contribution in [1.82, 2.24) is 15.5 Å². The van der Waals surface area contributed by atoms with E-state index in [0.717, 1.165) is 0 Å². The molecule has 1 aliphatic heterocycles. The average Bonchev–Trinajstić information content (AvgIpc) is 2.84. The van der Waals surface area contributed by atoms with E-state index in [1.165, 1.54) is 4.90 Å². The number of alkyl carbamates (subject to hydrolysis) is 1. The number of likely N-dealkylation sites (tertiary alicyclic amines) is 1. The quantitative estimate of drug-likeness (QED) is 0.718. The molecule has 0 aromatic heterocycles. The molecule has 1 saturated heterocycles. The van der Waals surface area contributed by atoms with E-state index >= 15 is 0 Å². The number of hydrogen-bond acceptors (Lipinski definition) is 6. The Kier molecular flexibility index (Phi) is 7.00. The van der Waals surface area contributed by atoms with Crippen molar-refractivity contribution in [2.75, 3.05) is 13.1 Å². The Morgan fingerprint density at radius 1 is 1.08 bits per heavy atom. The number of nitrogens with zero attached hydrogens (tertiary/aromatic N) is 1. The monoisotopic (exact) mass is 371 g/mol. The second-order valence-corrected chi connectivity index (χ2v) is 8.19. The van der Waals surface area contributed by atoms with E-state index in [1.807, 2.05) is 0 Å². The summed E-state index contributed by atoms with van der Waals surface area (Å²) in [5, 5.41) is 5.05. The lowest BCUT2D eigenvalue weighted by atomic mass is 10.2. The number of carbonyl (C=O) groups excluding carboxylic acids is 4. The number of amides is 3. The normalized spacial score (nSPS) is 20.3. The molecule has 0 spiro atoms. The number of carbonyl (C=O) groups is 4. The van der Waals surface area contributed by atoms with Gasteiger partial charge in [-0.25, -0.2) is 9.59 Å². The Morgan fingerprint density at radius 3 is 2.15 bits per heavy atom. The highest BCUT2D eigenvalue weighted by Gasteiger charge is 2.38. The van der Waals surface area contributed by atoms with Crippen LogP contribution < -0.4 is 10.6 Å². The number of ether oxygens (including phenoxy) is 2. The van der Waals surface area contributed by atoms with Gasteiger partial charge >= 0.3 is 12.2 Å². The van der Waals surface area contributed by atoms with Gasteiger partial charge in [-0.2, -0.15) is 0 Å². The van der Waals surface area contributed by atoms with Crippen LogP contribution in [0, 0.1) is 0 Å². The molecule has 9 heteroatoms. The maximum Gasteiger partial charge on any atom is 0.410 e. The van der Waals surface area contributed by atoms with Crippen molar-refractivity contribution in [3.8, 4) is 0 Å². The maximum absolute atomic E-state index is 12.2. The van der Waals surface area contributed by atoms with E-state index in [-0.39, 0.29) is 13.1 Å². The Hall–Kier alpha value is -2.32. The minimum atomic E-state index is -0.694. The van der Waals surface area contributed by atoms with Gasteiger partial charge in [-0.15, -0.1) is 0 Å². The fourth-order valence-corrected chi connectivity index (χ4v) is 2.38. The van der Waals surface area contributed by atoms with Gasteiger partial charge in [0.15, 0.2) is 0 Å². The third kappa shape index (κ3) is 7.71. The van der Waals surface area contributed by atoms with Crippen molar-refractivity contribution in [2.24, 2.45) is 0 Å². The molecule has 0 saturated carbocycles. The molecule has 2 atom stereocenters. The first-order chi connectivity index (χ1) is 11.8. The summed E-state index contributed by atoms with van der Waals surface area (Å²) in [6.45, 7) is 10.3. The summed E-state index contributed by atoms with van der Waals surface area (Å²) < 4.78 is 10.3. The second-order valence-electron chi connectivity index (χ2n) is 8.19. The Labute approximate surface area is 153 Å². The molecule has 1 fully saturated rings. The molecule has 26 heavy (non-hydrogen) atoms. The fraction of sp³-hybridized carbons (Fsp3) is 0.765. The van der Waals surface area contributed by atoms with Gasteiger partial charge in [0, 0.05) is 12.6 Å². The molecule has 0 aliphatic carbocycles. The molecule has 1 heterocycles. The summed E-state index contributed by atoms with van der Waals surface area (Å²) in [6.07, 6.45) is -0.339. The summed E-state index contributed by atoms with van der Waals surface area (Å²) in [4.78, 5) is 48.2. The van der Waals surface area contributed by atoms with Crippen LogP contribution in [0.3, 0.4) is 0 Å². The van der Waals surface area contributed by atoms with Crippen molar-refractivity contribution in [3.05, 3.63) is 0 Å². The van der Waals surface area contributed by atoms with Crippen LogP contribution in [-0.2, 0) is 19.1 Å². The van der Waals surface area contributed by atoms with Crippen molar-refractivity contribution in [3.63, 3.8) is 0 Å². The predicted molar refractivity (Wildman–Crippen MR) is 93.6 cm³/mol. The molecule has 1 rings (SSSR count). The predicted octanol–water partition coefficient (Wildman–Crippen LogP) is 1.20. The molecule has 0 aromatic rings. The van der Waals surface area contributed by atoms with E-state index in [2.05, 4.69) is 10.6 Å². The number of aldehydes is 1. The first-order valence-electron chi connectivity index (χ1n) is 8.52. The van der Waals surface area contributed by atoms with Crippen LogP contribution in [0.15, 0.2) is 0 Å². The van der Waals surface area contributed by atoms with Gasteiger partial charge in [0.1, 0.15) is 24.0 Å². The van der Waals surface area contributed by atoms with Crippen LogP contribution in [0.4, 0.5) is 9.59 Å². The maximum atomic E-state index is 12.2. The molecule has 0 radical (unpaired) electrons. The van der Waals surface area contributed by atoms with Gasteiger partial charge in [0.25, 0.3) is 0 Å². The highest BCUT2D eigenvalue weighted by molar-refractivity contribution is 5.83. The topological polar surface area (TPSA) is 114 Å². The number of nitrogens with one attached hydrogen (secondary N) is 2. The van der Waals surface area contributed by atoms with Gasteiger partial charge in [-0.3, -0.25) is 9.69 Å². The SMILES string of the molecule is CC(C)(C)OC(=O)NCC(=O)NC1CC(C=O)N(C(=O)OC(C)(C)C)C1. The Bertz CT molecular complexity index is 550. The zero-order valence-corrected chi connectivity index (χ0v) is 16.3. The summed E-state index contributed by atoms with van der Waals surface area (Å²) in [6, 6.07) is -1.06. The van der Waals surface area contributed by atoms with Gasteiger partial charge in [-0.05, 0) is 48.0 Å². The second kappa shape index (κ2) is 8.37. The smallest absolute Gasteiger partial charge is 0.410 e. The molecule has 9 nitrogen and oxygen atoms in total. The summed E-state index contributed by atoms with van der Waals surface area (Å²) >= 11 is 0. The van der Waals surface area contributed by atoms with E-state index in [9.17, 15) is 19.2 Å². The summed E-state index contributed by atoms with van der Waals surface area (Å²) in [5.74, 6) is -0.434. The lowest BCUT2D eigenvalue weighted by Gasteiger charge is -2.26. The zero-order valence-electron chi connectivity index (χ0n) is 16.3. The average molecular weight is 371 g/mol. The molecular weight excluding hydrogens is 342 g/mol. The van der Waals surface area contributed by atoms with E-state index < -0.39 is 41.4 Å². The van der Waals surface area contributed by atoms with Crippen LogP contribution in [0.5, 0.6) is 0 Å². The van der Waals surface area contributed by atoms with Crippen LogP contribution in [-0.4, -0.2) is 65.7 Å². The van der Waals surface area contributed by atoms with Gasteiger partial charge < -0.3 is 24.9 Å². The third-order valence-electron chi connectivity index (χ3n) is 3.29. The summed E-state index contributed by atoms with van der Waals surface area (Å²) in [7, 11) is 0. The van der Waals surface area contributed by atoms with Crippen LogP contribution >= 0.6 is 0 Å². The Balaban J connectivity index is 2.50. The minimum Gasteiger partial charge on any atom is -0.444 e. The molecule has 0 aromatic carbocycles. The zero-order chi connectivity index (χ0) is 20.1. The van der Waals surface area contributed by atoms with E-state index in [0.29, 0.717) is 12.7 Å². The standard InChI is InChI=1S/C17H29N3O6/c1-16(2,3)25-14(23)18-8-13(22)19-11-7-12(10-21)20(9-11)15(24)26-17(4,5)6/h10-12H,7-9H2,1-6H3,(H,18,23)(H,19,22). The van der Waals surface area contributed by atoms with Gasteiger partial charge in [0.2, 0.25) is 5.91 Å². The molecule has 2 N–H and O–H groups in total. The minimum absolute atomic E-state index is 0.163. The van der Waals surface area contributed by atoms with Crippen molar-refractivity contribution in [1.29, 1.82) is 0 Å². The van der Waals surface area contributed by atoms with Crippen molar-refractivity contribution >= 4 is 24.4 Å². The molecule has 3 amide bonds. The molecule has 0 bridgehead atoms. The third-order valence-corrected chi connectivity index (χ3v) is 3.29. The fourth-order valence-electron chi connectivity index (χ4n) is 2.38. The van der Waals surface area contributed by atoms with E-state index in [4.69, 9.17) is 9.47 Å². The van der Waals surface area contributed by atoms with Crippen molar-refractivity contribution < 1.29 is 28.7 Å². The number of hydrogen-bond donors (Lipinski definition) is 2. The lowest BCUT2D eigenvalue weighted by molar-refractivity contribution is -0.121. The Morgan fingerprint density at radius 2 is 1.65 bits per heavy atom.